The summed E-state index contributed by atoms with van der Waals surface area (Å²) in [6.07, 6.45) is 2.07. The summed E-state index contributed by atoms with van der Waals surface area (Å²) in [6, 6.07) is 4.45. The summed E-state index contributed by atoms with van der Waals surface area (Å²) in [5.41, 5.74) is 1.66. The third-order valence-corrected chi connectivity index (χ3v) is 3.33. The molecule has 0 spiro atoms. The van der Waals surface area contributed by atoms with E-state index in [1.165, 1.54) is 19.1 Å². The van der Waals surface area contributed by atoms with E-state index in [0.29, 0.717) is 18.4 Å². The number of hydrogen-bond acceptors (Lipinski definition) is 3. The first kappa shape index (κ1) is 13.5. The molecule has 5 heteroatoms. The average molecular weight is 265 g/mol. The van der Waals surface area contributed by atoms with Crippen molar-refractivity contribution >= 4 is 12.4 Å². The average Bonchev–Trinajstić information content (AvgIpc) is 2.50. The van der Waals surface area contributed by atoms with E-state index < -0.39 is 12.1 Å². The van der Waals surface area contributed by atoms with Gasteiger partial charge in [0.15, 0.2) is 0 Å². The molecule has 0 aromatic heterocycles. The lowest BCUT2D eigenvalue weighted by Gasteiger charge is -2.20. The normalized spacial score (nSPS) is 22.0. The maximum absolute atomic E-state index is 13.4. The number of esters is 1. The lowest BCUT2D eigenvalue weighted by Crippen LogP contribution is -2.29. The lowest BCUT2D eigenvalue weighted by atomic mass is 10.0. The predicted molar refractivity (Wildman–Crippen MR) is 66.8 cm³/mol. The third kappa shape index (κ3) is 3.30. The van der Waals surface area contributed by atoms with E-state index in [0.717, 1.165) is 18.4 Å². The molecule has 1 aliphatic carbocycles. The first-order valence-corrected chi connectivity index (χ1v) is 6.25. The second-order valence-corrected chi connectivity index (χ2v) is 4.70. The molecule has 2 rings (SSSR count). The number of fused-ring (bicyclic) bond motifs is 1. The first-order valence-electron chi connectivity index (χ1n) is 6.25. The van der Waals surface area contributed by atoms with Crippen LogP contribution in [0.4, 0.5) is 4.39 Å². The molecule has 1 N–H and O–H groups in total. The van der Waals surface area contributed by atoms with E-state index >= 15 is 0 Å². The van der Waals surface area contributed by atoms with Crippen molar-refractivity contribution in [1.29, 1.82) is 0 Å². The molecule has 1 aliphatic rings. The van der Waals surface area contributed by atoms with Crippen LogP contribution in [0.5, 0.6) is 0 Å². The second-order valence-electron chi connectivity index (χ2n) is 4.70. The molecular weight excluding hydrogens is 249 g/mol. The second kappa shape index (κ2) is 5.82. The highest BCUT2D eigenvalue weighted by molar-refractivity contribution is 5.66. The highest BCUT2D eigenvalue weighted by Gasteiger charge is 2.26. The van der Waals surface area contributed by atoms with Gasteiger partial charge in [-0.25, -0.2) is 4.39 Å². The highest BCUT2D eigenvalue weighted by Crippen LogP contribution is 2.32. The molecule has 19 heavy (non-hydrogen) atoms. The van der Waals surface area contributed by atoms with Crippen molar-refractivity contribution in [1.82, 2.24) is 5.32 Å². The topological polar surface area (TPSA) is 55.4 Å². The minimum atomic E-state index is -0.511. The van der Waals surface area contributed by atoms with Gasteiger partial charge in [-0.3, -0.25) is 9.59 Å². The van der Waals surface area contributed by atoms with Gasteiger partial charge in [-0.15, -0.1) is 0 Å². The van der Waals surface area contributed by atoms with Gasteiger partial charge >= 0.3 is 5.97 Å². The van der Waals surface area contributed by atoms with Gasteiger partial charge in [0, 0.05) is 19.4 Å². The van der Waals surface area contributed by atoms with Crippen molar-refractivity contribution in [2.45, 2.75) is 38.3 Å². The summed E-state index contributed by atoms with van der Waals surface area (Å²) in [7, 11) is 0. The van der Waals surface area contributed by atoms with E-state index in [2.05, 4.69) is 5.32 Å². The third-order valence-electron chi connectivity index (χ3n) is 3.33. The fraction of sp³-hybridized carbons (Fsp3) is 0.429. The van der Waals surface area contributed by atoms with E-state index in [1.807, 2.05) is 0 Å². The van der Waals surface area contributed by atoms with Crippen LogP contribution in [0.3, 0.4) is 0 Å². The van der Waals surface area contributed by atoms with E-state index in [-0.39, 0.29) is 11.9 Å². The van der Waals surface area contributed by atoms with Gasteiger partial charge in [-0.1, -0.05) is 6.07 Å². The molecule has 4 nitrogen and oxygen atoms in total. The standard InChI is InChI=1S/C14H16FNO3/c1-9(18)19-14-7-12(16-8-17)5-3-10-2-4-11(15)6-13(10)14/h2,4,6,8,12,14H,3,5,7H2,1H3,(H,16,17). The van der Waals surface area contributed by atoms with Crippen LogP contribution in [-0.2, 0) is 20.7 Å². The Morgan fingerprint density at radius 3 is 3.00 bits per heavy atom. The van der Waals surface area contributed by atoms with Crippen LogP contribution in [0.2, 0.25) is 0 Å². The van der Waals surface area contributed by atoms with E-state index in [1.54, 1.807) is 6.07 Å². The van der Waals surface area contributed by atoms with Crippen molar-refractivity contribution < 1.29 is 18.7 Å². The van der Waals surface area contributed by atoms with Crippen molar-refractivity contribution in [2.75, 3.05) is 0 Å². The number of ether oxygens (including phenoxy) is 1. The van der Waals surface area contributed by atoms with Gasteiger partial charge in [-0.05, 0) is 36.1 Å². The SMILES string of the molecule is CC(=O)OC1CC(NC=O)CCc2ccc(F)cc21. The number of hydrogen-bond donors (Lipinski definition) is 1. The zero-order chi connectivity index (χ0) is 13.8. The number of benzene rings is 1. The van der Waals surface area contributed by atoms with Gasteiger partial charge in [0.1, 0.15) is 11.9 Å². The van der Waals surface area contributed by atoms with Crippen LogP contribution in [0, 0.1) is 5.82 Å². The molecule has 0 saturated heterocycles. The quantitative estimate of drug-likeness (QED) is 0.516. The van der Waals surface area contributed by atoms with Crippen LogP contribution in [-0.4, -0.2) is 18.4 Å². The molecule has 2 atom stereocenters. The number of amides is 1. The molecule has 0 saturated carbocycles. The van der Waals surface area contributed by atoms with Gasteiger partial charge < -0.3 is 10.1 Å². The highest BCUT2D eigenvalue weighted by atomic mass is 19.1. The fourth-order valence-corrected chi connectivity index (χ4v) is 2.49. The largest absolute Gasteiger partial charge is 0.458 e. The Morgan fingerprint density at radius 2 is 2.32 bits per heavy atom. The molecular formula is C14H16FNO3. The van der Waals surface area contributed by atoms with E-state index in [9.17, 15) is 14.0 Å². The Hall–Kier alpha value is -1.91. The van der Waals surface area contributed by atoms with Crippen molar-refractivity contribution in [3.63, 3.8) is 0 Å². The minimum absolute atomic E-state index is 0.0719. The Morgan fingerprint density at radius 1 is 1.53 bits per heavy atom. The molecule has 0 radical (unpaired) electrons. The number of halogens is 1. The van der Waals surface area contributed by atoms with Gasteiger partial charge in [0.25, 0.3) is 0 Å². The maximum atomic E-state index is 13.4. The van der Waals surface area contributed by atoms with E-state index in [4.69, 9.17) is 4.74 Å². The molecule has 1 amide bonds. The Balaban J connectivity index is 2.31. The molecule has 1 aromatic carbocycles. The van der Waals surface area contributed by atoms with Crippen LogP contribution in [0.1, 0.15) is 37.0 Å². The number of nitrogens with one attached hydrogen (secondary N) is 1. The van der Waals surface area contributed by atoms with Crippen molar-refractivity contribution in [3.05, 3.63) is 35.1 Å². The fourth-order valence-electron chi connectivity index (χ4n) is 2.49. The summed E-state index contributed by atoms with van der Waals surface area (Å²) in [4.78, 5) is 21.7. The molecule has 1 aromatic rings. The summed E-state index contributed by atoms with van der Waals surface area (Å²) >= 11 is 0. The molecule has 0 aliphatic heterocycles. The first-order chi connectivity index (χ1) is 9.10. The molecule has 2 unspecified atom stereocenters. The van der Waals surface area contributed by atoms with Crippen LogP contribution in [0.15, 0.2) is 18.2 Å². The Kier molecular flexibility index (Phi) is 4.14. The Labute approximate surface area is 110 Å². The smallest absolute Gasteiger partial charge is 0.303 e. The van der Waals surface area contributed by atoms with Crippen LogP contribution in [0.25, 0.3) is 0 Å². The zero-order valence-corrected chi connectivity index (χ0v) is 10.7. The minimum Gasteiger partial charge on any atom is -0.458 e. The molecule has 102 valence electrons. The lowest BCUT2D eigenvalue weighted by molar-refractivity contribution is -0.147. The summed E-state index contributed by atoms with van der Waals surface area (Å²) in [5, 5.41) is 2.71. The van der Waals surface area contributed by atoms with Crippen molar-refractivity contribution in [2.24, 2.45) is 0 Å². The summed E-state index contributed by atoms with van der Waals surface area (Å²) in [6.45, 7) is 1.33. The number of aryl methyl sites for hydroxylation is 1. The monoisotopic (exact) mass is 265 g/mol. The maximum Gasteiger partial charge on any atom is 0.303 e. The van der Waals surface area contributed by atoms with Gasteiger partial charge in [0.2, 0.25) is 6.41 Å². The molecule has 0 bridgehead atoms. The summed E-state index contributed by atoms with van der Waals surface area (Å²) in [5.74, 6) is -0.760. The zero-order valence-electron chi connectivity index (χ0n) is 10.7. The molecule has 0 heterocycles. The number of carbonyl (C=O) groups excluding carboxylic acids is 2. The van der Waals surface area contributed by atoms with Crippen molar-refractivity contribution in [3.8, 4) is 0 Å². The summed E-state index contributed by atoms with van der Waals surface area (Å²) < 4.78 is 18.6. The van der Waals surface area contributed by atoms with Gasteiger partial charge in [0.05, 0.1) is 0 Å². The predicted octanol–water partition coefficient (Wildman–Crippen LogP) is 1.88. The number of carbonyl (C=O) groups is 2. The van der Waals surface area contributed by atoms with Gasteiger partial charge in [-0.2, -0.15) is 0 Å². The van der Waals surface area contributed by atoms with Crippen LogP contribution >= 0.6 is 0 Å². The Bertz CT molecular complexity index is 490. The number of rotatable bonds is 3. The molecule has 0 fully saturated rings. The van der Waals surface area contributed by atoms with Crippen LogP contribution < -0.4 is 5.32 Å².